The van der Waals surface area contributed by atoms with E-state index in [1.807, 2.05) is 0 Å². The fourth-order valence-corrected chi connectivity index (χ4v) is 3.33. The first-order chi connectivity index (χ1) is 15.9. The SMILES string of the molecule is CC(=O)OC[C@H]1O[C@@H](Oc2ccc([N+](=O)[O-])cc2Cl)[C@H](OC(C)=O)[C@H](OC(C)=O)[C@@H]1OC(C)=O. The summed E-state index contributed by atoms with van der Waals surface area (Å²) in [6.45, 7) is 3.95. The Bertz CT molecular complexity index is 967. The normalized spacial score (nSPS) is 23.9. The van der Waals surface area contributed by atoms with Gasteiger partial charge in [-0.1, -0.05) is 11.6 Å². The number of nitrogens with zero attached hydrogens (tertiary/aromatic N) is 1. The Morgan fingerprint density at radius 3 is 2.00 bits per heavy atom. The standard InChI is InChI=1S/C20H22ClNO12/c1-9(23)29-8-16-17(30-10(2)24)18(31-11(3)25)19(32-12(4)26)20(34-16)33-15-6-5-13(22(27)28)7-14(15)21/h5-7,16-20H,8H2,1-4H3/t16-,17-,18-,19-,20-/m1/s1. The van der Waals surface area contributed by atoms with E-state index in [-0.39, 0.29) is 16.5 Å². The van der Waals surface area contributed by atoms with Crippen LogP contribution in [0.1, 0.15) is 27.7 Å². The molecule has 0 spiro atoms. The van der Waals surface area contributed by atoms with Gasteiger partial charge in [0.1, 0.15) is 18.5 Å². The lowest BCUT2D eigenvalue weighted by molar-refractivity contribution is -0.384. The second kappa shape index (κ2) is 11.6. The maximum atomic E-state index is 11.8. The Morgan fingerprint density at radius 2 is 1.50 bits per heavy atom. The fourth-order valence-electron chi connectivity index (χ4n) is 3.11. The number of carbonyl (C=O) groups is 4. The van der Waals surface area contributed by atoms with Crippen LogP contribution in [-0.2, 0) is 42.9 Å². The molecule has 2 rings (SSSR count). The molecule has 1 aliphatic heterocycles. The van der Waals surface area contributed by atoms with Crippen molar-refractivity contribution < 1.29 is 52.5 Å². The molecular formula is C20H22ClNO12. The van der Waals surface area contributed by atoms with Gasteiger partial charge in [0.15, 0.2) is 12.2 Å². The molecule has 0 bridgehead atoms. The highest BCUT2D eigenvalue weighted by molar-refractivity contribution is 6.32. The zero-order chi connectivity index (χ0) is 25.6. The molecule has 0 unspecified atom stereocenters. The van der Waals surface area contributed by atoms with E-state index in [4.69, 9.17) is 40.0 Å². The van der Waals surface area contributed by atoms with Crippen LogP contribution in [0.3, 0.4) is 0 Å². The molecule has 186 valence electrons. The fraction of sp³-hybridized carbons (Fsp3) is 0.500. The third-order valence-electron chi connectivity index (χ3n) is 4.32. The third-order valence-corrected chi connectivity index (χ3v) is 4.61. The number of esters is 4. The Kier molecular flexibility index (Phi) is 9.15. The van der Waals surface area contributed by atoms with Gasteiger partial charge in [0.2, 0.25) is 12.4 Å². The van der Waals surface area contributed by atoms with Gasteiger partial charge in [-0.2, -0.15) is 0 Å². The van der Waals surface area contributed by atoms with Crippen LogP contribution in [0.4, 0.5) is 5.69 Å². The number of nitro groups is 1. The van der Waals surface area contributed by atoms with Crippen molar-refractivity contribution in [3.8, 4) is 5.75 Å². The molecule has 0 aromatic heterocycles. The van der Waals surface area contributed by atoms with Crippen molar-refractivity contribution in [1.82, 2.24) is 0 Å². The van der Waals surface area contributed by atoms with Crippen LogP contribution in [0.15, 0.2) is 18.2 Å². The molecular weight excluding hydrogens is 482 g/mol. The van der Waals surface area contributed by atoms with Crippen LogP contribution in [0.5, 0.6) is 5.75 Å². The van der Waals surface area contributed by atoms with Gasteiger partial charge in [-0.15, -0.1) is 0 Å². The number of rotatable bonds is 8. The average molecular weight is 504 g/mol. The smallest absolute Gasteiger partial charge is 0.303 e. The van der Waals surface area contributed by atoms with Crippen LogP contribution in [-0.4, -0.2) is 66.1 Å². The summed E-state index contributed by atoms with van der Waals surface area (Å²) in [6, 6.07) is 3.34. The minimum atomic E-state index is -1.51. The number of hydrogen-bond acceptors (Lipinski definition) is 12. The van der Waals surface area contributed by atoms with Crippen LogP contribution in [0, 0.1) is 10.1 Å². The predicted molar refractivity (Wildman–Crippen MR) is 111 cm³/mol. The summed E-state index contributed by atoms with van der Waals surface area (Å²) in [5.41, 5.74) is -0.307. The first-order valence-corrected chi connectivity index (χ1v) is 10.2. The molecule has 0 N–H and O–H groups in total. The van der Waals surface area contributed by atoms with Crippen LogP contribution < -0.4 is 4.74 Å². The lowest BCUT2D eigenvalue weighted by Crippen LogP contribution is -2.63. The monoisotopic (exact) mass is 503 g/mol. The lowest BCUT2D eigenvalue weighted by Gasteiger charge is -2.43. The van der Waals surface area contributed by atoms with Gasteiger partial charge in [-0.25, -0.2) is 0 Å². The average Bonchev–Trinajstić information content (AvgIpc) is 2.71. The molecule has 0 aliphatic carbocycles. The molecule has 13 nitrogen and oxygen atoms in total. The highest BCUT2D eigenvalue weighted by atomic mass is 35.5. The van der Waals surface area contributed by atoms with Crippen molar-refractivity contribution in [3.05, 3.63) is 33.3 Å². The minimum Gasteiger partial charge on any atom is -0.463 e. The second-order valence-corrected chi connectivity index (χ2v) is 7.46. The Labute approximate surface area is 198 Å². The highest BCUT2D eigenvalue weighted by Crippen LogP contribution is 2.34. The molecule has 1 heterocycles. The molecule has 0 saturated carbocycles. The topological polar surface area (TPSA) is 167 Å². The van der Waals surface area contributed by atoms with Gasteiger partial charge in [-0.05, 0) is 6.07 Å². The van der Waals surface area contributed by atoms with Crippen molar-refractivity contribution in [1.29, 1.82) is 0 Å². The quantitative estimate of drug-likeness (QED) is 0.218. The predicted octanol–water partition coefficient (Wildman–Crippen LogP) is 1.71. The number of benzene rings is 1. The molecule has 1 saturated heterocycles. The van der Waals surface area contributed by atoms with Crippen LogP contribution in [0.2, 0.25) is 5.02 Å². The van der Waals surface area contributed by atoms with Crippen molar-refractivity contribution >= 4 is 41.2 Å². The molecule has 1 aliphatic rings. The third kappa shape index (κ3) is 7.28. The van der Waals surface area contributed by atoms with Crippen LogP contribution >= 0.6 is 11.6 Å². The van der Waals surface area contributed by atoms with Crippen molar-refractivity contribution in [2.24, 2.45) is 0 Å². The summed E-state index contributed by atoms with van der Waals surface area (Å²) in [7, 11) is 0. The van der Waals surface area contributed by atoms with Gasteiger partial charge in [0.05, 0.1) is 9.95 Å². The number of non-ortho nitro benzene ring substituents is 1. The molecule has 0 amide bonds. The van der Waals surface area contributed by atoms with Crippen molar-refractivity contribution in [2.45, 2.75) is 58.4 Å². The molecule has 34 heavy (non-hydrogen) atoms. The van der Waals surface area contributed by atoms with Gasteiger partial charge in [-0.3, -0.25) is 29.3 Å². The number of carbonyl (C=O) groups excluding carboxylic acids is 4. The first kappa shape index (κ1) is 26.8. The number of ether oxygens (including phenoxy) is 6. The van der Waals surface area contributed by atoms with E-state index in [1.54, 1.807) is 0 Å². The van der Waals surface area contributed by atoms with Crippen LogP contribution in [0.25, 0.3) is 0 Å². The van der Waals surface area contributed by atoms with Gasteiger partial charge in [0.25, 0.3) is 5.69 Å². The maximum Gasteiger partial charge on any atom is 0.303 e. The van der Waals surface area contributed by atoms with E-state index in [9.17, 15) is 29.3 Å². The van der Waals surface area contributed by atoms with Crippen molar-refractivity contribution in [2.75, 3.05) is 6.61 Å². The Morgan fingerprint density at radius 1 is 0.941 bits per heavy atom. The van der Waals surface area contributed by atoms with Gasteiger partial charge < -0.3 is 28.4 Å². The molecule has 1 fully saturated rings. The molecule has 1 aromatic carbocycles. The van der Waals surface area contributed by atoms with Crippen molar-refractivity contribution in [3.63, 3.8) is 0 Å². The summed E-state index contributed by atoms with van der Waals surface area (Å²) >= 11 is 6.09. The maximum absolute atomic E-state index is 11.8. The van der Waals surface area contributed by atoms with E-state index in [1.165, 1.54) is 6.07 Å². The Hall–Kier alpha value is -3.45. The van der Waals surface area contributed by atoms with Gasteiger partial charge >= 0.3 is 23.9 Å². The zero-order valence-electron chi connectivity index (χ0n) is 18.6. The number of nitro benzene ring substituents is 1. The van der Waals surface area contributed by atoms with E-state index >= 15 is 0 Å². The first-order valence-electron chi connectivity index (χ1n) is 9.80. The Balaban J connectivity index is 2.49. The van der Waals surface area contributed by atoms with E-state index < -0.39 is 66.1 Å². The number of halogens is 1. The summed E-state index contributed by atoms with van der Waals surface area (Å²) in [5.74, 6) is -3.16. The zero-order valence-corrected chi connectivity index (χ0v) is 19.3. The molecule has 5 atom stereocenters. The molecule has 1 aromatic rings. The van der Waals surface area contributed by atoms with Gasteiger partial charge in [0, 0.05) is 39.8 Å². The second-order valence-electron chi connectivity index (χ2n) is 7.06. The summed E-state index contributed by atoms with van der Waals surface area (Å²) in [5, 5.41) is 10.8. The van der Waals surface area contributed by atoms with E-state index in [0.29, 0.717) is 0 Å². The molecule has 0 radical (unpaired) electrons. The lowest BCUT2D eigenvalue weighted by atomic mass is 9.98. The highest BCUT2D eigenvalue weighted by Gasteiger charge is 2.53. The minimum absolute atomic E-state index is 0.0897. The summed E-state index contributed by atoms with van der Waals surface area (Å²) in [6.07, 6.45) is -6.98. The molecule has 14 heteroatoms. The van der Waals surface area contributed by atoms with E-state index in [2.05, 4.69) is 0 Å². The summed E-state index contributed by atoms with van der Waals surface area (Å²) < 4.78 is 32.2. The number of hydrogen-bond donors (Lipinski definition) is 0. The van der Waals surface area contributed by atoms with E-state index in [0.717, 1.165) is 39.8 Å². The summed E-state index contributed by atoms with van der Waals surface area (Å²) in [4.78, 5) is 57.0. The largest absolute Gasteiger partial charge is 0.463 e.